The number of nitrogens with zero attached hydrogens (tertiary/aromatic N) is 2. The first kappa shape index (κ1) is 19.0. The molecule has 7 heteroatoms. The van der Waals surface area contributed by atoms with Crippen molar-refractivity contribution in [2.75, 3.05) is 6.54 Å². The number of cyclic esters (lactones) is 1. The number of esters is 1. The second kappa shape index (κ2) is 6.75. The van der Waals surface area contributed by atoms with E-state index in [1.54, 1.807) is 17.6 Å². The van der Waals surface area contributed by atoms with Gasteiger partial charge in [-0.1, -0.05) is 25.1 Å². The van der Waals surface area contributed by atoms with Crippen molar-refractivity contribution in [2.24, 2.45) is 5.73 Å². The zero-order valence-electron chi connectivity index (χ0n) is 16.8. The van der Waals surface area contributed by atoms with E-state index >= 15 is 0 Å². The van der Waals surface area contributed by atoms with Crippen LogP contribution in [0.4, 0.5) is 0 Å². The van der Waals surface area contributed by atoms with Crippen molar-refractivity contribution in [3.8, 4) is 11.4 Å². The number of para-hydroxylation sites is 1. The smallest absolute Gasteiger partial charge is 0.343 e. The van der Waals surface area contributed by atoms with Crippen LogP contribution in [0.2, 0.25) is 0 Å². The van der Waals surface area contributed by atoms with Crippen LogP contribution >= 0.6 is 0 Å². The lowest BCUT2D eigenvalue weighted by molar-refractivity contribution is -0.172. The third kappa shape index (κ3) is 2.49. The number of carbonyl (C=O) groups excluding carboxylic acids is 1. The molecule has 3 aromatic rings. The van der Waals surface area contributed by atoms with Crippen LogP contribution in [-0.2, 0) is 34.7 Å². The van der Waals surface area contributed by atoms with Crippen molar-refractivity contribution >= 4 is 16.9 Å². The molecule has 30 heavy (non-hydrogen) atoms. The van der Waals surface area contributed by atoms with Crippen LogP contribution in [0.25, 0.3) is 22.3 Å². The minimum Gasteiger partial charge on any atom is -0.458 e. The van der Waals surface area contributed by atoms with Gasteiger partial charge >= 0.3 is 5.97 Å². The average molecular weight is 405 g/mol. The summed E-state index contributed by atoms with van der Waals surface area (Å²) in [5.74, 6) is -0.713. The highest BCUT2D eigenvalue weighted by Crippen LogP contribution is 2.40. The van der Waals surface area contributed by atoms with E-state index in [9.17, 15) is 14.7 Å². The van der Waals surface area contributed by atoms with E-state index < -0.39 is 11.6 Å². The molecular formula is C23H23N3O4. The van der Waals surface area contributed by atoms with Gasteiger partial charge in [-0.05, 0) is 43.5 Å². The molecule has 1 atom stereocenters. The van der Waals surface area contributed by atoms with Gasteiger partial charge in [-0.15, -0.1) is 0 Å². The van der Waals surface area contributed by atoms with Gasteiger partial charge < -0.3 is 20.1 Å². The molecule has 154 valence electrons. The number of aryl methyl sites for hydroxylation is 1. The van der Waals surface area contributed by atoms with Gasteiger partial charge in [0.25, 0.3) is 5.56 Å². The summed E-state index contributed by atoms with van der Waals surface area (Å²) in [5.41, 5.74) is 8.77. The molecule has 3 N–H and O–H groups in total. The molecule has 5 rings (SSSR count). The first-order valence-corrected chi connectivity index (χ1v) is 10.3. The lowest BCUT2D eigenvalue weighted by Gasteiger charge is -2.31. The molecule has 0 aliphatic carbocycles. The number of carbonyl (C=O) groups is 1. The Hall–Kier alpha value is -3.03. The van der Waals surface area contributed by atoms with Gasteiger partial charge in [0, 0.05) is 16.5 Å². The second-order valence-electron chi connectivity index (χ2n) is 7.93. The Morgan fingerprint density at radius 2 is 2.07 bits per heavy atom. The lowest BCUT2D eigenvalue weighted by Crippen LogP contribution is -2.44. The van der Waals surface area contributed by atoms with E-state index in [1.807, 2.05) is 24.3 Å². The Bertz CT molecular complexity index is 1260. The molecule has 0 spiro atoms. The molecular weight excluding hydrogens is 382 g/mol. The maximum absolute atomic E-state index is 13.3. The third-order valence-corrected chi connectivity index (χ3v) is 6.34. The zero-order chi connectivity index (χ0) is 21.0. The SMILES string of the molecule is CC[C@@]1(O)C(=O)OCc2c1cc1n(c2=O)Cc2c-1nc1ccccc1c2CCCN. The normalized spacial score (nSPS) is 19.4. The first-order valence-electron chi connectivity index (χ1n) is 10.3. The van der Waals surface area contributed by atoms with E-state index in [1.165, 1.54) is 0 Å². The Labute approximate surface area is 173 Å². The molecule has 0 saturated heterocycles. The lowest BCUT2D eigenvalue weighted by atomic mass is 9.86. The van der Waals surface area contributed by atoms with E-state index in [4.69, 9.17) is 15.5 Å². The van der Waals surface area contributed by atoms with Crippen LogP contribution in [0.3, 0.4) is 0 Å². The molecule has 0 radical (unpaired) electrons. The molecule has 2 aromatic heterocycles. The molecule has 0 fully saturated rings. The molecule has 2 aliphatic heterocycles. The highest BCUT2D eigenvalue weighted by Gasteiger charge is 2.45. The summed E-state index contributed by atoms with van der Waals surface area (Å²) < 4.78 is 6.81. The van der Waals surface area contributed by atoms with Crippen molar-refractivity contribution in [1.82, 2.24) is 9.55 Å². The molecule has 1 aromatic carbocycles. The summed E-state index contributed by atoms with van der Waals surface area (Å²) in [5, 5.41) is 12.1. The van der Waals surface area contributed by atoms with Crippen molar-refractivity contribution in [2.45, 2.75) is 44.9 Å². The summed E-state index contributed by atoms with van der Waals surface area (Å²) >= 11 is 0. The molecule has 0 unspecified atom stereocenters. The predicted octanol–water partition coefficient (Wildman–Crippen LogP) is 1.97. The monoisotopic (exact) mass is 405 g/mol. The molecule has 0 amide bonds. The van der Waals surface area contributed by atoms with E-state index in [0.29, 0.717) is 29.9 Å². The van der Waals surface area contributed by atoms with Crippen molar-refractivity contribution in [3.63, 3.8) is 0 Å². The van der Waals surface area contributed by atoms with Crippen LogP contribution in [0.1, 0.15) is 42.0 Å². The number of fused-ring (bicyclic) bond motifs is 5. The fraction of sp³-hybridized carbons (Fsp3) is 0.348. The first-order chi connectivity index (χ1) is 14.5. The van der Waals surface area contributed by atoms with Crippen molar-refractivity contribution in [3.05, 3.63) is 62.9 Å². The van der Waals surface area contributed by atoms with Crippen LogP contribution in [-0.4, -0.2) is 27.2 Å². The minimum absolute atomic E-state index is 0.124. The summed E-state index contributed by atoms with van der Waals surface area (Å²) in [6.07, 6.45) is 1.76. The predicted molar refractivity (Wildman–Crippen MR) is 112 cm³/mol. The van der Waals surface area contributed by atoms with Gasteiger partial charge in [-0.25, -0.2) is 9.78 Å². The summed E-state index contributed by atoms with van der Waals surface area (Å²) in [4.78, 5) is 30.5. The fourth-order valence-corrected chi connectivity index (χ4v) is 4.68. The standard InChI is InChI=1S/C23H23N3O4/c1-2-23(29)17-10-19-20-15(11-26(19)21(27)16(17)12-30-22(23)28)13(7-5-9-24)14-6-3-4-8-18(14)25-20/h3-4,6,8,10,29H,2,5,7,9,11-12,24H2,1H3/t23-/m0/s1. The highest BCUT2D eigenvalue weighted by molar-refractivity contribution is 5.89. The Morgan fingerprint density at radius 3 is 2.83 bits per heavy atom. The Morgan fingerprint density at radius 1 is 1.27 bits per heavy atom. The number of ether oxygens (including phenoxy) is 1. The number of aliphatic hydroxyl groups is 1. The Kier molecular flexibility index (Phi) is 4.27. The summed E-state index contributed by atoms with van der Waals surface area (Å²) in [7, 11) is 0. The molecule has 4 heterocycles. The number of hydrogen-bond donors (Lipinski definition) is 2. The van der Waals surface area contributed by atoms with E-state index in [0.717, 1.165) is 40.6 Å². The maximum atomic E-state index is 13.3. The van der Waals surface area contributed by atoms with E-state index in [2.05, 4.69) is 0 Å². The zero-order valence-corrected chi connectivity index (χ0v) is 16.8. The fourth-order valence-electron chi connectivity index (χ4n) is 4.68. The minimum atomic E-state index is -1.82. The van der Waals surface area contributed by atoms with Gasteiger partial charge in [0.1, 0.15) is 6.61 Å². The Balaban J connectivity index is 1.80. The number of benzene rings is 1. The van der Waals surface area contributed by atoms with Gasteiger partial charge in [-0.3, -0.25) is 4.79 Å². The van der Waals surface area contributed by atoms with Gasteiger partial charge in [0.15, 0.2) is 5.60 Å². The number of hydrogen-bond acceptors (Lipinski definition) is 6. The van der Waals surface area contributed by atoms with E-state index in [-0.39, 0.29) is 18.6 Å². The van der Waals surface area contributed by atoms with Crippen LogP contribution < -0.4 is 11.3 Å². The number of rotatable bonds is 4. The van der Waals surface area contributed by atoms with Crippen LogP contribution in [0, 0.1) is 0 Å². The number of aromatic nitrogens is 2. The van der Waals surface area contributed by atoms with Gasteiger partial charge in [0.2, 0.25) is 0 Å². The summed E-state index contributed by atoms with van der Waals surface area (Å²) in [6.45, 7) is 2.57. The molecule has 2 aliphatic rings. The van der Waals surface area contributed by atoms with Gasteiger partial charge in [0.05, 0.1) is 29.0 Å². The van der Waals surface area contributed by atoms with Crippen LogP contribution in [0.5, 0.6) is 0 Å². The van der Waals surface area contributed by atoms with Crippen LogP contribution in [0.15, 0.2) is 35.1 Å². The maximum Gasteiger partial charge on any atom is 0.343 e. The summed E-state index contributed by atoms with van der Waals surface area (Å²) in [6, 6.07) is 9.68. The molecule has 0 bridgehead atoms. The molecule has 7 nitrogen and oxygen atoms in total. The average Bonchev–Trinajstić information content (AvgIpc) is 3.13. The quantitative estimate of drug-likeness (QED) is 0.503. The second-order valence-corrected chi connectivity index (χ2v) is 7.93. The van der Waals surface area contributed by atoms with Crippen molar-refractivity contribution in [1.29, 1.82) is 0 Å². The number of nitrogens with two attached hydrogens (primary N) is 1. The number of pyridine rings is 2. The molecule has 0 saturated carbocycles. The largest absolute Gasteiger partial charge is 0.458 e. The van der Waals surface area contributed by atoms with Gasteiger partial charge in [-0.2, -0.15) is 0 Å². The third-order valence-electron chi connectivity index (χ3n) is 6.34. The van der Waals surface area contributed by atoms with Crippen molar-refractivity contribution < 1.29 is 14.6 Å². The highest BCUT2D eigenvalue weighted by atomic mass is 16.6. The topological polar surface area (TPSA) is 107 Å².